The molecule has 3 aromatic rings. The topological polar surface area (TPSA) is 81.6 Å². The minimum Gasteiger partial charge on any atom is -0.444 e. The van der Waals surface area contributed by atoms with Gasteiger partial charge in [0.25, 0.3) is 0 Å². The lowest BCUT2D eigenvalue weighted by Crippen LogP contribution is -2.28. The Morgan fingerprint density at radius 3 is 2.41 bits per heavy atom. The van der Waals surface area contributed by atoms with E-state index in [1.165, 1.54) is 0 Å². The van der Waals surface area contributed by atoms with Crippen molar-refractivity contribution < 1.29 is 19.2 Å². The zero-order valence-electron chi connectivity index (χ0n) is 20.5. The SMILES string of the molecule is CCCCn1c(NC(=O)OC(C)(C)C)c(CCC(=O)NOCc2ccccc2)c2ccccc21. The summed E-state index contributed by atoms with van der Waals surface area (Å²) in [5.41, 5.74) is 4.83. The Bertz CT molecular complexity index is 1100. The van der Waals surface area contributed by atoms with Crippen molar-refractivity contribution in [3.63, 3.8) is 0 Å². The van der Waals surface area contributed by atoms with Gasteiger partial charge in [0.2, 0.25) is 5.91 Å². The van der Waals surface area contributed by atoms with Crippen molar-refractivity contribution in [2.45, 2.75) is 72.1 Å². The Balaban J connectivity index is 1.77. The van der Waals surface area contributed by atoms with Gasteiger partial charge in [-0.3, -0.25) is 14.9 Å². The predicted molar refractivity (Wildman–Crippen MR) is 134 cm³/mol. The zero-order valence-corrected chi connectivity index (χ0v) is 20.5. The summed E-state index contributed by atoms with van der Waals surface area (Å²) < 4.78 is 7.62. The van der Waals surface area contributed by atoms with Crippen LogP contribution < -0.4 is 10.8 Å². The largest absolute Gasteiger partial charge is 0.444 e. The third-order valence-corrected chi connectivity index (χ3v) is 5.30. The molecule has 2 amide bonds. The summed E-state index contributed by atoms with van der Waals surface area (Å²) >= 11 is 0. The van der Waals surface area contributed by atoms with Crippen molar-refractivity contribution in [3.05, 3.63) is 65.7 Å². The number of aromatic nitrogens is 1. The number of aryl methyl sites for hydroxylation is 2. The molecule has 34 heavy (non-hydrogen) atoms. The molecule has 0 bridgehead atoms. The number of carbonyl (C=O) groups excluding carboxylic acids is 2. The molecule has 182 valence electrons. The van der Waals surface area contributed by atoms with E-state index in [1.807, 2.05) is 75.4 Å². The Labute approximate surface area is 201 Å². The van der Waals surface area contributed by atoms with Crippen LogP contribution in [0.3, 0.4) is 0 Å². The number of nitrogens with zero attached hydrogens (tertiary/aromatic N) is 1. The van der Waals surface area contributed by atoms with E-state index in [4.69, 9.17) is 9.57 Å². The van der Waals surface area contributed by atoms with E-state index < -0.39 is 11.7 Å². The smallest absolute Gasteiger partial charge is 0.413 e. The summed E-state index contributed by atoms with van der Waals surface area (Å²) in [5.74, 6) is 0.464. The molecule has 7 nitrogen and oxygen atoms in total. The normalized spacial score (nSPS) is 11.4. The van der Waals surface area contributed by atoms with E-state index in [0.717, 1.165) is 41.4 Å². The number of benzene rings is 2. The fourth-order valence-corrected chi connectivity index (χ4v) is 3.78. The van der Waals surface area contributed by atoms with Crippen LogP contribution in [0.4, 0.5) is 10.6 Å². The summed E-state index contributed by atoms with van der Waals surface area (Å²) in [6, 6.07) is 17.7. The Hall–Kier alpha value is -3.32. The first-order chi connectivity index (χ1) is 16.3. The quantitative estimate of drug-likeness (QED) is 0.362. The molecule has 1 heterocycles. The van der Waals surface area contributed by atoms with Crippen LogP contribution in [0, 0.1) is 0 Å². The van der Waals surface area contributed by atoms with Gasteiger partial charge in [0.1, 0.15) is 11.4 Å². The number of para-hydroxylation sites is 1. The molecular weight excluding hydrogens is 430 g/mol. The lowest BCUT2D eigenvalue weighted by Gasteiger charge is -2.21. The van der Waals surface area contributed by atoms with Crippen molar-refractivity contribution >= 4 is 28.7 Å². The van der Waals surface area contributed by atoms with E-state index in [1.54, 1.807) is 0 Å². The standard InChI is InChI=1S/C27H35N3O4/c1-5-6-18-30-23-15-11-10-14-21(23)22(25(30)28-26(32)34-27(2,3)4)16-17-24(31)29-33-19-20-12-8-7-9-13-20/h7-15H,5-6,16-19H2,1-4H3,(H,28,32)(H,29,31). The number of anilines is 1. The molecule has 0 aliphatic rings. The number of rotatable bonds is 10. The summed E-state index contributed by atoms with van der Waals surface area (Å²) in [7, 11) is 0. The van der Waals surface area contributed by atoms with Crippen LogP contribution in [-0.4, -0.2) is 22.2 Å². The van der Waals surface area contributed by atoms with Gasteiger partial charge in [0.05, 0.1) is 6.61 Å². The highest BCUT2D eigenvalue weighted by Gasteiger charge is 2.22. The van der Waals surface area contributed by atoms with E-state index in [2.05, 4.69) is 22.3 Å². The summed E-state index contributed by atoms with van der Waals surface area (Å²) in [6.07, 6.45) is 2.15. The monoisotopic (exact) mass is 465 g/mol. The maximum absolute atomic E-state index is 12.7. The Kier molecular flexibility index (Phi) is 8.71. The molecule has 2 N–H and O–H groups in total. The number of hydrogen-bond donors (Lipinski definition) is 2. The second kappa shape index (κ2) is 11.7. The molecule has 1 aromatic heterocycles. The molecule has 7 heteroatoms. The van der Waals surface area contributed by atoms with Gasteiger partial charge < -0.3 is 9.30 Å². The Morgan fingerprint density at radius 2 is 1.71 bits per heavy atom. The number of ether oxygens (including phenoxy) is 1. The molecular formula is C27H35N3O4. The number of hydrogen-bond acceptors (Lipinski definition) is 4. The summed E-state index contributed by atoms with van der Waals surface area (Å²) in [4.78, 5) is 30.5. The predicted octanol–water partition coefficient (Wildman–Crippen LogP) is 5.97. The van der Waals surface area contributed by atoms with E-state index in [0.29, 0.717) is 18.8 Å². The number of unbranched alkanes of at least 4 members (excludes halogenated alkanes) is 1. The molecule has 0 fully saturated rings. The fourth-order valence-electron chi connectivity index (χ4n) is 3.78. The first kappa shape index (κ1) is 25.3. The van der Waals surface area contributed by atoms with Gasteiger partial charge in [0, 0.05) is 29.4 Å². The van der Waals surface area contributed by atoms with Gasteiger partial charge in [-0.25, -0.2) is 10.3 Å². The molecule has 0 radical (unpaired) electrons. The highest BCUT2D eigenvalue weighted by molar-refractivity contribution is 5.95. The van der Waals surface area contributed by atoms with Crippen molar-refractivity contribution in [2.24, 2.45) is 0 Å². The number of carbonyl (C=O) groups is 2. The van der Waals surface area contributed by atoms with E-state index in [-0.39, 0.29) is 12.3 Å². The van der Waals surface area contributed by atoms with Crippen molar-refractivity contribution in [2.75, 3.05) is 5.32 Å². The molecule has 0 spiro atoms. The van der Waals surface area contributed by atoms with Crippen LogP contribution in [0.15, 0.2) is 54.6 Å². The molecule has 0 aliphatic carbocycles. The molecule has 0 aliphatic heterocycles. The summed E-state index contributed by atoms with van der Waals surface area (Å²) in [5, 5.41) is 3.98. The average Bonchev–Trinajstić information content (AvgIpc) is 3.07. The Morgan fingerprint density at radius 1 is 1.00 bits per heavy atom. The van der Waals surface area contributed by atoms with E-state index in [9.17, 15) is 9.59 Å². The summed E-state index contributed by atoms with van der Waals surface area (Å²) in [6.45, 7) is 8.69. The third kappa shape index (κ3) is 7.09. The molecule has 0 saturated heterocycles. The number of hydroxylamine groups is 1. The highest BCUT2D eigenvalue weighted by atomic mass is 16.6. The van der Waals surface area contributed by atoms with Gasteiger partial charge in [-0.05, 0) is 45.2 Å². The van der Waals surface area contributed by atoms with Crippen LogP contribution in [-0.2, 0) is 33.9 Å². The third-order valence-electron chi connectivity index (χ3n) is 5.30. The molecule has 0 atom stereocenters. The van der Waals surface area contributed by atoms with Crippen molar-refractivity contribution in [3.8, 4) is 0 Å². The van der Waals surface area contributed by atoms with Gasteiger partial charge in [-0.1, -0.05) is 61.9 Å². The van der Waals surface area contributed by atoms with Gasteiger partial charge in [-0.2, -0.15) is 0 Å². The fraction of sp³-hybridized carbons (Fsp3) is 0.407. The lowest BCUT2D eigenvalue weighted by atomic mass is 10.1. The minimum atomic E-state index is -0.611. The van der Waals surface area contributed by atoms with Gasteiger partial charge in [-0.15, -0.1) is 0 Å². The second-order valence-corrected chi connectivity index (χ2v) is 9.28. The van der Waals surface area contributed by atoms with Crippen molar-refractivity contribution in [1.82, 2.24) is 10.0 Å². The van der Waals surface area contributed by atoms with Crippen LogP contribution in [0.5, 0.6) is 0 Å². The van der Waals surface area contributed by atoms with Crippen molar-refractivity contribution in [1.29, 1.82) is 0 Å². The molecule has 3 rings (SSSR count). The van der Waals surface area contributed by atoms with Crippen LogP contribution in [0.25, 0.3) is 10.9 Å². The maximum Gasteiger partial charge on any atom is 0.413 e. The van der Waals surface area contributed by atoms with Crippen LogP contribution >= 0.6 is 0 Å². The molecule has 0 saturated carbocycles. The lowest BCUT2D eigenvalue weighted by molar-refractivity contribution is -0.134. The number of nitrogens with one attached hydrogen (secondary N) is 2. The number of fused-ring (bicyclic) bond motifs is 1. The van der Waals surface area contributed by atoms with E-state index >= 15 is 0 Å². The first-order valence-corrected chi connectivity index (χ1v) is 11.8. The molecule has 2 aromatic carbocycles. The minimum absolute atomic E-state index is 0.218. The molecule has 0 unspecified atom stereocenters. The van der Waals surface area contributed by atoms with Crippen LogP contribution in [0.1, 0.15) is 58.1 Å². The van der Waals surface area contributed by atoms with Crippen LogP contribution in [0.2, 0.25) is 0 Å². The first-order valence-electron chi connectivity index (χ1n) is 11.8. The second-order valence-electron chi connectivity index (χ2n) is 9.28. The maximum atomic E-state index is 12.7. The average molecular weight is 466 g/mol. The zero-order chi connectivity index (χ0) is 24.6. The van der Waals surface area contributed by atoms with Gasteiger partial charge >= 0.3 is 6.09 Å². The number of amides is 2. The van der Waals surface area contributed by atoms with Gasteiger partial charge in [0.15, 0.2) is 0 Å². The highest BCUT2D eigenvalue weighted by Crippen LogP contribution is 2.32.